The number of halogens is 1. The van der Waals surface area contributed by atoms with Gasteiger partial charge in [0, 0.05) is 29.6 Å². The lowest BCUT2D eigenvalue weighted by atomic mass is 10.0. The molecule has 0 saturated carbocycles. The molecule has 11 nitrogen and oxygen atoms in total. The van der Waals surface area contributed by atoms with E-state index in [1.54, 1.807) is 60.9 Å². The van der Waals surface area contributed by atoms with Crippen molar-refractivity contribution >= 4 is 34.3 Å². The maximum atomic E-state index is 14.4. The molecular weight excluding hydrogens is 491 g/mol. The second kappa shape index (κ2) is 10.3. The van der Waals surface area contributed by atoms with Crippen molar-refractivity contribution in [1.29, 1.82) is 0 Å². The fourth-order valence-corrected chi connectivity index (χ4v) is 4.60. The van der Waals surface area contributed by atoms with Crippen molar-refractivity contribution < 1.29 is 18.8 Å². The highest BCUT2D eigenvalue weighted by atomic mass is 19.1. The minimum Gasteiger partial charge on any atom is -0.364 e. The fourth-order valence-electron chi connectivity index (χ4n) is 4.60. The number of primary amides is 1. The van der Waals surface area contributed by atoms with Crippen LogP contribution >= 0.6 is 0 Å². The predicted molar refractivity (Wildman–Crippen MR) is 137 cm³/mol. The number of carbonyl (C=O) groups excluding carboxylic acids is 3. The smallest absolute Gasteiger partial charge is 0.269 e. The van der Waals surface area contributed by atoms with E-state index in [2.05, 4.69) is 20.6 Å². The fraction of sp³-hybridized carbons (Fsp3) is 0.231. The van der Waals surface area contributed by atoms with Crippen molar-refractivity contribution in [2.45, 2.75) is 31.7 Å². The van der Waals surface area contributed by atoms with Crippen molar-refractivity contribution in [2.24, 2.45) is 11.5 Å². The van der Waals surface area contributed by atoms with Gasteiger partial charge < -0.3 is 21.7 Å². The molecular formula is C26H25FN8O3. The molecule has 1 aliphatic rings. The van der Waals surface area contributed by atoms with Crippen molar-refractivity contribution in [3.63, 3.8) is 0 Å². The van der Waals surface area contributed by atoms with E-state index in [0.717, 1.165) is 16.7 Å². The van der Waals surface area contributed by atoms with Crippen LogP contribution in [0.15, 0.2) is 60.9 Å². The molecule has 12 heteroatoms. The SMILES string of the molecule is NCc1ccc(NC(=O)[C@@H]2C[C@@H](F)CN2C(=O)Cn2nc(C(N)=O)c3cc(-c4ccnnc4)ccc32)cc1. The lowest BCUT2D eigenvalue weighted by molar-refractivity contribution is -0.137. The lowest BCUT2D eigenvalue weighted by Crippen LogP contribution is -2.44. The van der Waals surface area contributed by atoms with Crippen LogP contribution in [0.4, 0.5) is 10.1 Å². The van der Waals surface area contributed by atoms with Gasteiger partial charge in [-0.1, -0.05) is 18.2 Å². The van der Waals surface area contributed by atoms with Crippen molar-refractivity contribution in [1.82, 2.24) is 24.9 Å². The van der Waals surface area contributed by atoms with Crippen LogP contribution in [0, 0.1) is 0 Å². The molecule has 3 heterocycles. The Morgan fingerprint density at radius 1 is 1.05 bits per heavy atom. The summed E-state index contributed by atoms with van der Waals surface area (Å²) >= 11 is 0. The number of hydrogen-bond acceptors (Lipinski definition) is 7. The molecule has 3 amide bonds. The summed E-state index contributed by atoms with van der Waals surface area (Å²) in [5.41, 5.74) is 14.6. The number of likely N-dealkylation sites (tertiary alicyclic amines) is 1. The first-order chi connectivity index (χ1) is 18.3. The number of aromatic nitrogens is 4. The second-order valence-corrected chi connectivity index (χ2v) is 9.02. The third-order valence-corrected chi connectivity index (χ3v) is 6.52. The van der Waals surface area contributed by atoms with E-state index in [9.17, 15) is 18.8 Å². The number of nitrogens with one attached hydrogen (secondary N) is 1. The maximum Gasteiger partial charge on any atom is 0.269 e. The molecule has 0 radical (unpaired) electrons. The molecule has 5 rings (SSSR count). The molecule has 0 bridgehead atoms. The molecule has 2 aromatic heterocycles. The number of nitrogens with two attached hydrogens (primary N) is 2. The van der Waals surface area contributed by atoms with E-state index in [-0.39, 0.29) is 25.2 Å². The number of benzene rings is 2. The molecule has 194 valence electrons. The van der Waals surface area contributed by atoms with Gasteiger partial charge in [0.15, 0.2) is 5.69 Å². The van der Waals surface area contributed by atoms with Crippen LogP contribution in [0.2, 0.25) is 0 Å². The molecule has 1 saturated heterocycles. The third-order valence-electron chi connectivity index (χ3n) is 6.52. The van der Waals surface area contributed by atoms with Gasteiger partial charge in [-0.25, -0.2) is 4.39 Å². The van der Waals surface area contributed by atoms with Crippen LogP contribution in [0.5, 0.6) is 0 Å². The van der Waals surface area contributed by atoms with Gasteiger partial charge in [-0.05, 0) is 41.5 Å². The molecule has 38 heavy (non-hydrogen) atoms. The van der Waals surface area contributed by atoms with Crippen LogP contribution in [0.3, 0.4) is 0 Å². The zero-order chi connectivity index (χ0) is 26.8. The molecule has 0 spiro atoms. The van der Waals surface area contributed by atoms with E-state index in [4.69, 9.17) is 11.5 Å². The Hall–Kier alpha value is -4.71. The molecule has 2 aromatic carbocycles. The van der Waals surface area contributed by atoms with Crippen LogP contribution in [-0.2, 0) is 22.7 Å². The average Bonchev–Trinajstić information content (AvgIpc) is 3.50. The summed E-state index contributed by atoms with van der Waals surface area (Å²) in [6.45, 7) is -0.157. The van der Waals surface area contributed by atoms with Crippen LogP contribution in [-0.4, -0.2) is 61.4 Å². The zero-order valence-corrected chi connectivity index (χ0v) is 20.3. The number of anilines is 1. The quantitative estimate of drug-likeness (QED) is 0.336. The summed E-state index contributed by atoms with van der Waals surface area (Å²) in [5, 5.41) is 15.1. The second-order valence-electron chi connectivity index (χ2n) is 9.02. The molecule has 2 atom stereocenters. The molecule has 0 unspecified atom stereocenters. The van der Waals surface area contributed by atoms with Crippen molar-refractivity contribution in [3.05, 3.63) is 72.2 Å². The Kier molecular flexibility index (Phi) is 6.79. The monoisotopic (exact) mass is 516 g/mol. The van der Waals surface area contributed by atoms with Gasteiger partial charge in [0.25, 0.3) is 5.91 Å². The van der Waals surface area contributed by atoms with Gasteiger partial charge in [0.2, 0.25) is 11.8 Å². The number of amides is 3. The highest BCUT2D eigenvalue weighted by Crippen LogP contribution is 2.27. The van der Waals surface area contributed by atoms with Gasteiger partial charge in [-0.3, -0.25) is 19.1 Å². The summed E-state index contributed by atoms with van der Waals surface area (Å²) in [6, 6.07) is 13.0. The standard InChI is InChI=1S/C26H25FN8O3/c27-18-10-22(26(38)32-19-4-1-15(11-28)2-5-19)34(13-18)23(36)14-35-21-6-3-16(17-7-8-30-31-12-17)9-20(21)24(33-35)25(29)37/h1-9,12,18,22H,10-11,13-14,28H2,(H2,29,37)(H,32,38)/t18-,22+/m1/s1. The van der Waals surface area contributed by atoms with Gasteiger partial charge in [0.05, 0.1) is 24.5 Å². The number of nitrogens with zero attached hydrogens (tertiary/aromatic N) is 5. The molecule has 1 fully saturated rings. The number of carbonyl (C=O) groups is 3. The normalized spacial score (nSPS) is 17.1. The van der Waals surface area contributed by atoms with Crippen LogP contribution in [0.25, 0.3) is 22.0 Å². The minimum atomic E-state index is -1.35. The highest BCUT2D eigenvalue weighted by Gasteiger charge is 2.40. The average molecular weight is 517 g/mol. The van der Waals surface area contributed by atoms with E-state index in [1.165, 1.54) is 9.58 Å². The van der Waals surface area contributed by atoms with Gasteiger partial charge in [-0.15, -0.1) is 0 Å². The Morgan fingerprint density at radius 3 is 2.53 bits per heavy atom. The third kappa shape index (κ3) is 4.93. The summed E-state index contributed by atoms with van der Waals surface area (Å²) < 4.78 is 15.8. The number of alkyl halides is 1. The Labute approximate surface area is 216 Å². The summed E-state index contributed by atoms with van der Waals surface area (Å²) in [6.07, 6.45) is 1.67. The Balaban J connectivity index is 1.38. The van der Waals surface area contributed by atoms with E-state index < -0.39 is 29.9 Å². The van der Waals surface area contributed by atoms with Crippen LogP contribution < -0.4 is 16.8 Å². The topological polar surface area (TPSA) is 162 Å². The Morgan fingerprint density at radius 2 is 1.84 bits per heavy atom. The largest absolute Gasteiger partial charge is 0.364 e. The van der Waals surface area contributed by atoms with E-state index in [1.807, 2.05) is 0 Å². The number of rotatable bonds is 7. The van der Waals surface area contributed by atoms with Crippen LogP contribution in [0.1, 0.15) is 22.5 Å². The summed E-state index contributed by atoms with van der Waals surface area (Å²) in [5.74, 6) is -1.75. The molecule has 5 N–H and O–H groups in total. The highest BCUT2D eigenvalue weighted by molar-refractivity contribution is 6.05. The van der Waals surface area contributed by atoms with Gasteiger partial charge >= 0.3 is 0 Å². The predicted octanol–water partition coefficient (Wildman–Crippen LogP) is 1.63. The van der Waals surface area contributed by atoms with Crippen molar-refractivity contribution in [3.8, 4) is 11.1 Å². The lowest BCUT2D eigenvalue weighted by Gasteiger charge is -2.23. The van der Waals surface area contributed by atoms with E-state index >= 15 is 0 Å². The first kappa shape index (κ1) is 25.0. The van der Waals surface area contributed by atoms with Crippen molar-refractivity contribution in [2.75, 3.05) is 11.9 Å². The molecule has 4 aromatic rings. The van der Waals surface area contributed by atoms with Gasteiger partial charge in [-0.2, -0.15) is 15.3 Å². The zero-order valence-electron chi connectivity index (χ0n) is 20.3. The summed E-state index contributed by atoms with van der Waals surface area (Å²) in [7, 11) is 0. The van der Waals surface area contributed by atoms with Gasteiger partial charge in [0.1, 0.15) is 18.8 Å². The maximum absolute atomic E-state index is 14.4. The molecule has 1 aliphatic heterocycles. The van der Waals surface area contributed by atoms with E-state index in [0.29, 0.717) is 23.1 Å². The summed E-state index contributed by atoms with van der Waals surface area (Å²) in [4.78, 5) is 39.6. The Bertz CT molecular complexity index is 1510. The number of hydrogen-bond donors (Lipinski definition) is 3. The minimum absolute atomic E-state index is 0.00308. The molecule has 0 aliphatic carbocycles. The first-order valence-electron chi connectivity index (χ1n) is 11.9. The first-order valence-corrected chi connectivity index (χ1v) is 11.9. The number of fused-ring (bicyclic) bond motifs is 1.